The van der Waals surface area contributed by atoms with E-state index in [9.17, 15) is 0 Å². The first-order chi connectivity index (χ1) is 8.54. The van der Waals surface area contributed by atoms with E-state index in [2.05, 4.69) is 47.8 Å². The highest BCUT2D eigenvalue weighted by atomic mass is 15.3. The van der Waals surface area contributed by atoms with Gasteiger partial charge in [-0.3, -0.25) is 0 Å². The maximum absolute atomic E-state index is 4.37. The second-order valence-electron chi connectivity index (χ2n) is 5.78. The molecule has 0 aromatic carbocycles. The minimum Gasteiger partial charge on any atom is -0.317 e. The van der Waals surface area contributed by atoms with Crippen molar-refractivity contribution in [2.75, 3.05) is 7.05 Å². The monoisotopic (exact) mass is 252 g/mol. The second-order valence-corrected chi connectivity index (χ2v) is 5.78. The maximum Gasteiger partial charge on any atom is 0.138 e. The van der Waals surface area contributed by atoms with Crippen molar-refractivity contribution in [3.63, 3.8) is 0 Å². The minimum atomic E-state index is 0.603. The van der Waals surface area contributed by atoms with Crippen molar-refractivity contribution in [3.05, 3.63) is 12.2 Å². The fourth-order valence-electron chi connectivity index (χ4n) is 2.27. The second kappa shape index (κ2) is 7.52. The summed E-state index contributed by atoms with van der Waals surface area (Å²) < 4.78 is 2.05. The summed E-state index contributed by atoms with van der Waals surface area (Å²) in [4.78, 5) is 4.37. The molecule has 0 aliphatic rings. The number of hydrogen-bond donors (Lipinski definition) is 1. The number of aryl methyl sites for hydroxylation is 1. The molecule has 0 aliphatic heterocycles. The van der Waals surface area contributed by atoms with Gasteiger partial charge in [-0.15, -0.1) is 0 Å². The van der Waals surface area contributed by atoms with E-state index in [0.29, 0.717) is 17.9 Å². The highest BCUT2D eigenvalue weighted by Crippen LogP contribution is 2.11. The third-order valence-electron chi connectivity index (χ3n) is 3.32. The fraction of sp³-hybridized carbons (Fsp3) is 0.857. The Morgan fingerprint density at radius 1 is 1.28 bits per heavy atom. The molecule has 4 heteroatoms. The molecule has 1 aromatic heterocycles. The quantitative estimate of drug-likeness (QED) is 0.773. The van der Waals surface area contributed by atoms with Crippen LogP contribution in [0.3, 0.4) is 0 Å². The largest absolute Gasteiger partial charge is 0.317 e. The van der Waals surface area contributed by atoms with Crippen LogP contribution in [0, 0.1) is 11.8 Å². The topological polar surface area (TPSA) is 42.7 Å². The zero-order valence-electron chi connectivity index (χ0n) is 12.5. The van der Waals surface area contributed by atoms with Crippen LogP contribution in [0.2, 0.25) is 0 Å². The average Bonchev–Trinajstić information content (AvgIpc) is 2.70. The van der Waals surface area contributed by atoms with Gasteiger partial charge in [0.05, 0.1) is 0 Å². The molecule has 104 valence electrons. The minimum absolute atomic E-state index is 0.603. The number of aromatic nitrogens is 3. The van der Waals surface area contributed by atoms with Crippen LogP contribution >= 0.6 is 0 Å². The van der Waals surface area contributed by atoms with E-state index >= 15 is 0 Å². The standard InChI is InChI=1S/C14H28N4/c1-11(2)9-18-14(16-10-17-18)8-6-7-13(15-5)12(3)4/h10-13,15H,6-9H2,1-5H3. The van der Waals surface area contributed by atoms with Gasteiger partial charge in [0.15, 0.2) is 0 Å². The first kappa shape index (κ1) is 15.2. The molecule has 4 nitrogen and oxygen atoms in total. The van der Waals surface area contributed by atoms with Crippen LogP contribution in [-0.2, 0) is 13.0 Å². The van der Waals surface area contributed by atoms with Gasteiger partial charge in [-0.05, 0) is 31.7 Å². The number of nitrogens with one attached hydrogen (secondary N) is 1. The molecule has 1 N–H and O–H groups in total. The fourth-order valence-corrected chi connectivity index (χ4v) is 2.27. The summed E-state index contributed by atoms with van der Waals surface area (Å²) >= 11 is 0. The molecular formula is C14H28N4. The predicted molar refractivity (Wildman–Crippen MR) is 75.5 cm³/mol. The Labute approximate surface area is 111 Å². The summed E-state index contributed by atoms with van der Waals surface area (Å²) in [5.74, 6) is 2.43. The van der Waals surface area contributed by atoms with E-state index in [-0.39, 0.29) is 0 Å². The van der Waals surface area contributed by atoms with Gasteiger partial charge in [0, 0.05) is 19.0 Å². The van der Waals surface area contributed by atoms with Crippen LogP contribution in [0.15, 0.2) is 6.33 Å². The van der Waals surface area contributed by atoms with E-state index in [4.69, 9.17) is 0 Å². The highest BCUT2D eigenvalue weighted by molar-refractivity contribution is 4.85. The van der Waals surface area contributed by atoms with Crippen molar-refractivity contribution in [2.24, 2.45) is 11.8 Å². The third-order valence-corrected chi connectivity index (χ3v) is 3.32. The third kappa shape index (κ3) is 4.77. The molecule has 0 bridgehead atoms. The summed E-state index contributed by atoms with van der Waals surface area (Å²) in [6.07, 6.45) is 5.07. The SMILES string of the molecule is CNC(CCCc1ncnn1CC(C)C)C(C)C. The summed E-state index contributed by atoms with van der Waals surface area (Å²) in [6, 6.07) is 0.603. The Hall–Kier alpha value is -0.900. The lowest BCUT2D eigenvalue weighted by Crippen LogP contribution is -2.30. The van der Waals surface area contributed by atoms with Crippen LogP contribution in [-0.4, -0.2) is 27.9 Å². The van der Waals surface area contributed by atoms with Gasteiger partial charge in [-0.2, -0.15) is 5.10 Å². The van der Waals surface area contributed by atoms with E-state index in [1.165, 1.54) is 12.8 Å². The van der Waals surface area contributed by atoms with Gasteiger partial charge >= 0.3 is 0 Å². The Balaban J connectivity index is 2.41. The molecule has 0 radical (unpaired) electrons. The molecule has 0 amide bonds. The molecule has 1 heterocycles. The van der Waals surface area contributed by atoms with E-state index in [0.717, 1.165) is 18.8 Å². The summed E-state index contributed by atoms with van der Waals surface area (Å²) in [5, 5.41) is 7.68. The van der Waals surface area contributed by atoms with Crippen LogP contribution in [0.25, 0.3) is 0 Å². The molecule has 1 atom stereocenters. The van der Waals surface area contributed by atoms with Crippen LogP contribution in [0.4, 0.5) is 0 Å². The van der Waals surface area contributed by atoms with Crippen LogP contribution in [0.1, 0.15) is 46.4 Å². The number of nitrogens with zero attached hydrogens (tertiary/aromatic N) is 3. The molecule has 18 heavy (non-hydrogen) atoms. The number of rotatable bonds is 8. The smallest absolute Gasteiger partial charge is 0.138 e. The summed E-state index contributed by atoms with van der Waals surface area (Å²) in [7, 11) is 2.05. The van der Waals surface area contributed by atoms with Gasteiger partial charge < -0.3 is 5.32 Å². The van der Waals surface area contributed by atoms with Gasteiger partial charge in [0.2, 0.25) is 0 Å². The predicted octanol–water partition coefficient (Wildman–Crippen LogP) is 2.50. The van der Waals surface area contributed by atoms with Crippen molar-refractivity contribution in [3.8, 4) is 0 Å². The Kier molecular flexibility index (Phi) is 6.33. The lowest BCUT2D eigenvalue weighted by atomic mass is 9.98. The highest BCUT2D eigenvalue weighted by Gasteiger charge is 2.11. The average molecular weight is 252 g/mol. The van der Waals surface area contributed by atoms with Crippen LogP contribution in [0.5, 0.6) is 0 Å². The van der Waals surface area contributed by atoms with Gasteiger partial charge in [0.25, 0.3) is 0 Å². The summed E-state index contributed by atoms with van der Waals surface area (Å²) in [5.41, 5.74) is 0. The summed E-state index contributed by atoms with van der Waals surface area (Å²) in [6.45, 7) is 9.92. The molecule has 1 rings (SSSR count). The van der Waals surface area contributed by atoms with E-state index < -0.39 is 0 Å². The first-order valence-corrected chi connectivity index (χ1v) is 7.08. The van der Waals surface area contributed by atoms with Crippen LogP contribution < -0.4 is 5.32 Å². The van der Waals surface area contributed by atoms with Crippen molar-refractivity contribution in [2.45, 2.75) is 59.5 Å². The van der Waals surface area contributed by atoms with Crippen molar-refractivity contribution < 1.29 is 0 Å². The molecule has 0 aliphatic carbocycles. The van der Waals surface area contributed by atoms with E-state index in [1.807, 2.05) is 7.05 Å². The normalized spacial score (nSPS) is 13.5. The molecule has 0 fully saturated rings. The van der Waals surface area contributed by atoms with Crippen molar-refractivity contribution in [1.82, 2.24) is 20.1 Å². The van der Waals surface area contributed by atoms with Crippen molar-refractivity contribution >= 4 is 0 Å². The molecule has 1 unspecified atom stereocenters. The van der Waals surface area contributed by atoms with Gasteiger partial charge in [-0.25, -0.2) is 9.67 Å². The molecule has 1 aromatic rings. The molecule has 0 spiro atoms. The lowest BCUT2D eigenvalue weighted by Gasteiger charge is -2.19. The molecule has 0 saturated heterocycles. The first-order valence-electron chi connectivity index (χ1n) is 7.08. The zero-order valence-corrected chi connectivity index (χ0v) is 12.5. The molecule has 0 saturated carbocycles. The Bertz CT molecular complexity index is 330. The zero-order chi connectivity index (χ0) is 13.5. The van der Waals surface area contributed by atoms with Gasteiger partial charge in [0.1, 0.15) is 12.2 Å². The van der Waals surface area contributed by atoms with E-state index in [1.54, 1.807) is 6.33 Å². The Morgan fingerprint density at radius 3 is 2.56 bits per heavy atom. The molecular weight excluding hydrogens is 224 g/mol. The number of hydrogen-bond acceptors (Lipinski definition) is 3. The van der Waals surface area contributed by atoms with Crippen molar-refractivity contribution in [1.29, 1.82) is 0 Å². The lowest BCUT2D eigenvalue weighted by molar-refractivity contribution is 0.388. The maximum atomic E-state index is 4.37. The van der Waals surface area contributed by atoms with Gasteiger partial charge in [-0.1, -0.05) is 27.7 Å². The Morgan fingerprint density at radius 2 is 2.00 bits per heavy atom.